The molecule has 0 amide bonds. The smallest absolute Gasteiger partial charge is 0.347 e. The SMILES string of the molecule is Cc1csc(C(=O)O)c1S(=O)(=O)NCCCCCO. The first kappa shape index (κ1) is 16.1. The van der Waals surface area contributed by atoms with Crippen molar-refractivity contribution in [1.29, 1.82) is 0 Å². The Kier molecular flexibility index (Phi) is 5.92. The molecule has 0 atom stereocenters. The fourth-order valence-electron chi connectivity index (χ4n) is 1.61. The predicted octanol–water partition coefficient (Wildman–Crippen LogP) is 1.20. The largest absolute Gasteiger partial charge is 0.477 e. The fourth-order valence-corrected chi connectivity index (χ4v) is 4.31. The second kappa shape index (κ2) is 6.99. The molecule has 6 nitrogen and oxygen atoms in total. The number of sulfonamides is 1. The number of unbranched alkanes of at least 4 members (excludes halogenated alkanes) is 2. The number of carbonyl (C=O) groups is 1. The van der Waals surface area contributed by atoms with Crippen molar-refractivity contribution in [3.63, 3.8) is 0 Å². The zero-order valence-corrected chi connectivity index (χ0v) is 12.2. The number of aromatic carboxylic acids is 1. The first-order chi connectivity index (χ1) is 8.90. The molecule has 0 saturated heterocycles. The maximum atomic E-state index is 12.1. The van der Waals surface area contributed by atoms with E-state index < -0.39 is 16.0 Å². The highest BCUT2D eigenvalue weighted by Crippen LogP contribution is 2.26. The van der Waals surface area contributed by atoms with Gasteiger partial charge in [-0.25, -0.2) is 17.9 Å². The van der Waals surface area contributed by atoms with Crippen LogP contribution in [0.5, 0.6) is 0 Å². The predicted molar refractivity (Wildman–Crippen MR) is 72.1 cm³/mol. The van der Waals surface area contributed by atoms with E-state index in [0.29, 0.717) is 24.8 Å². The molecule has 0 aliphatic rings. The van der Waals surface area contributed by atoms with Crippen molar-refractivity contribution < 1.29 is 23.4 Å². The first-order valence-electron chi connectivity index (χ1n) is 5.82. The van der Waals surface area contributed by atoms with E-state index >= 15 is 0 Å². The zero-order chi connectivity index (χ0) is 14.5. The van der Waals surface area contributed by atoms with Crippen LogP contribution < -0.4 is 4.72 Å². The Morgan fingerprint density at radius 2 is 2.05 bits per heavy atom. The molecule has 1 rings (SSSR count). The Morgan fingerprint density at radius 3 is 2.63 bits per heavy atom. The van der Waals surface area contributed by atoms with Crippen LogP contribution in [-0.2, 0) is 10.0 Å². The molecular formula is C11H17NO5S2. The third-order valence-electron chi connectivity index (χ3n) is 2.51. The van der Waals surface area contributed by atoms with Crippen molar-refractivity contribution >= 4 is 27.3 Å². The number of nitrogens with one attached hydrogen (secondary N) is 1. The fraction of sp³-hybridized carbons (Fsp3) is 0.545. The summed E-state index contributed by atoms with van der Waals surface area (Å²) in [4.78, 5) is 10.7. The summed E-state index contributed by atoms with van der Waals surface area (Å²) in [5.74, 6) is -1.24. The van der Waals surface area contributed by atoms with E-state index in [1.54, 1.807) is 6.92 Å². The Bertz CT molecular complexity index is 535. The molecule has 3 N–H and O–H groups in total. The molecule has 0 saturated carbocycles. The van der Waals surface area contributed by atoms with Gasteiger partial charge in [-0.1, -0.05) is 0 Å². The molecular weight excluding hydrogens is 290 g/mol. The van der Waals surface area contributed by atoms with E-state index in [-0.39, 0.29) is 22.9 Å². The summed E-state index contributed by atoms with van der Waals surface area (Å²) >= 11 is 0.907. The van der Waals surface area contributed by atoms with E-state index in [9.17, 15) is 13.2 Å². The van der Waals surface area contributed by atoms with Gasteiger partial charge in [-0.05, 0) is 37.1 Å². The normalized spacial score (nSPS) is 11.7. The average molecular weight is 307 g/mol. The van der Waals surface area contributed by atoms with E-state index in [0.717, 1.165) is 11.3 Å². The molecule has 0 radical (unpaired) electrons. The van der Waals surface area contributed by atoms with E-state index in [1.807, 2.05) is 0 Å². The highest BCUT2D eigenvalue weighted by Gasteiger charge is 2.26. The van der Waals surface area contributed by atoms with Gasteiger partial charge >= 0.3 is 5.97 Å². The number of aliphatic hydroxyl groups is 1. The first-order valence-corrected chi connectivity index (χ1v) is 8.18. The maximum absolute atomic E-state index is 12.1. The standard InChI is InChI=1S/C11H17NO5S2/c1-8-7-18-9(11(14)15)10(8)19(16,17)12-5-3-2-4-6-13/h7,12-13H,2-6H2,1H3,(H,14,15). The van der Waals surface area contributed by atoms with E-state index in [4.69, 9.17) is 10.2 Å². The van der Waals surface area contributed by atoms with Crippen LogP contribution in [0, 0.1) is 6.92 Å². The number of aryl methyl sites for hydroxylation is 1. The highest BCUT2D eigenvalue weighted by molar-refractivity contribution is 7.89. The summed E-state index contributed by atoms with van der Waals surface area (Å²) < 4.78 is 26.5. The van der Waals surface area contributed by atoms with Gasteiger partial charge in [0.1, 0.15) is 9.77 Å². The lowest BCUT2D eigenvalue weighted by Gasteiger charge is -2.07. The van der Waals surface area contributed by atoms with Crippen LogP contribution in [0.2, 0.25) is 0 Å². The van der Waals surface area contributed by atoms with Gasteiger partial charge in [-0.2, -0.15) is 0 Å². The lowest BCUT2D eigenvalue weighted by molar-refractivity contribution is 0.0698. The average Bonchev–Trinajstić information content (AvgIpc) is 2.71. The van der Waals surface area contributed by atoms with Crippen LogP contribution in [0.3, 0.4) is 0 Å². The van der Waals surface area contributed by atoms with E-state index in [1.165, 1.54) is 5.38 Å². The Hall–Kier alpha value is -0.960. The summed E-state index contributed by atoms with van der Waals surface area (Å²) in [6.07, 6.45) is 1.94. The lowest BCUT2D eigenvalue weighted by Crippen LogP contribution is -2.26. The minimum absolute atomic E-state index is 0.0829. The lowest BCUT2D eigenvalue weighted by atomic mass is 10.2. The molecule has 19 heavy (non-hydrogen) atoms. The number of hydrogen-bond acceptors (Lipinski definition) is 5. The highest BCUT2D eigenvalue weighted by atomic mass is 32.2. The topological polar surface area (TPSA) is 104 Å². The summed E-state index contributed by atoms with van der Waals surface area (Å²) in [7, 11) is -3.79. The number of thiophene rings is 1. The number of hydrogen-bond donors (Lipinski definition) is 3. The third kappa shape index (κ3) is 4.27. The molecule has 8 heteroatoms. The van der Waals surface area contributed by atoms with Gasteiger partial charge in [0.25, 0.3) is 0 Å². The van der Waals surface area contributed by atoms with Gasteiger partial charge in [0.05, 0.1) is 0 Å². The number of rotatable bonds is 8. The van der Waals surface area contributed by atoms with Crippen molar-refractivity contribution in [2.75, 3.05) is 13.2 Å². The van der Waals surface area contributed by atoms with Crippen molar-refractivity contribution in [2.45, 2.75) is 31.1 Å². The number of carboxylic acids is 1. The van der Waals surface area contributed by atoms with Crippen LogP contribution in [-0.4, -0.2) is 37.8 Å². The molecule has 1 aromatic rings. The van der Waals surface area contributed by atoms with Gasteiger partial charge in [-0.15, -0.1) is 11.3 Å². The minimum Gasteiger partial charge on any atom is -0.477 e. The van der Waals surface area contributed by atoms with Crippen LogP contribution in [0.1, 0.15) is 34.5 Å². The molecule has 0 fully saturated rings. The van der Waals surface area contributed by atoms with Gasteiger partial charge in [0.15, 0.2) is 0 Å². The van der Waals surface area contributed by atoms with Crippen molar-refractivity contribution in [3.8, 4) is 0 Å². The van der Waals surface area contributed by atoms with Crippen LogP contribution in [0.4, 0.5) is 0 Å². The molecule has 108 valence electrons. The molecule has 0 aliphatic heterocycles. The Morgan fingerprint density at radius 1 is 1.37 bits per heavy atom. The van der Waals surface area contributed by atoms with Crippen LogP contribution in [0.25, 0.3) is 0 Å². The minimum atomic E-state index is -3.79. The van der Waals surface area contributed by atoms with Gasteiger partial charge in [0, 0.05) is 13.2 Å². The van der Waals surface area contributed by atoms with Crippen molar-refractivity contribution in [1.82, 2.24) is 4.72 Å². The van der Waals surface area contributed by atoms with Crippen LogP contribution >= 0.6 is 11.3 Å². The molecule has 1 heterocycles. The summed E-state index contributed by atoms with van der Waals surface area (Å²) in [5, 5.41) is 19.1. The second-order valence-electron chi connectivity index (χ2n) is 4.06. The van der Waals surface area contributed by atoms with Gasteiger partial charge < -0.3 is 10.2 Å². The second-order valence-corrected chi connectivity index (χ2v) is 6.65. The van der Waals surface area contributed by atoms with Gasteiger partial charge in [-0.3, -0.25) is 0 Å². The molecule has 1 aromatic heterocycles. The maximum Gasteiger partial charge on any atom is 0.347 e. The molecule has 0 aliphatic carbocycles. The van der Waals surface area contributed by atoms with Gasteiger partial charge in [0.2, 0.25) is 10.0 Å². The van der Waals surface area contributed by atoms with E-state index in [2.05, 4.69) is 4.72 Å². The molecule has 0 bridgehead atoms. The summed E-state index contributed by atoms with van der Waals surface area (Å²) in [6.45, 7) is 1.89. The number of aliphatic hydroxyl groups excluding tert-OH is 1. The Labute approximate surface area is 116 Å². The third-order valence-corrected chi connectivity index (χ3v) is 5.37. The summed E-state index contributed by atoms with van der Waals surface area (Å²) in [6, 6.07) is 0. The molecule has 0 unspecified atom stereocenters. The van der Waals surface area contributed by atoms with Crippen molar-refractivity contribution in [2.24, 2.45) is 0 Å². The number of carboxylic acid groups (broad SMARTS) is 1. The quantitative estimate of drug-likeness (QED) is 0.626. The van der Waals surface area contributed by atoms with Crippen LogP contribution in [0.15, 0.2) is 10.3 Å². The Balaban J connectivity index is 2.77. The molecule has 0 aromatic carbocycles. The van der Waals surface area contributed by atoms with Crippen molar-refractivity contribution in [3.05, 3.63) is 15.8 Å². The zero-order valence-electron chi connectivity index (χ0n) is 10.5. The molecule has 0 spiro atoms. The summed E-state index contributed by atoms with van der Waals surface area (Å²) in [5.41, 5.74) is 0.435. The monoisotopic (exact) mass is 307 g/mol.